The number of esters is 5. The second-order valence-corrected chi connectivity index (χ2v) is 14.7. The van der Waals surface area contributed by atoms with Crippen molar-refractivity contribution in [1.82, 2.24) is 0 Å². The first-order chi connectivity index (χ1) is 22.8. The van der Waals surface area contributed by atoms with E-state index in [1.165, 1.54) is 13.8 Å². The SMILES string of the molecule is CC(=O)OCC=C(C)CCC1C(C)(OCC2OC(OC(C)=O)C(OC(C)=O)C(OC(C)=O)C2OC(C)=O)CCC2C(C)(CO)CCCC21C. The summed E-state index contributed by atoms with van der Waals surface area (Å²) < 4.78 is 40.1. The van der Waals surface area contributed by atoms with E-state index in [0.29, 0.717) is 6.42 Å². The zero-order valence-corrected chi connectivity index (χ0v) is 30.5. The second-order valence-electron chi connectivity index (χ2n) is 14.7. The Morgan fingerprint density at radius 3 is 1.94 bits per heavy atom. The van der Waals surface area contributed by atoms with Crippen molar-refractivity contribution in [3.8, 4) is 0 Å². The normalized spacial score (nSPS) is 36.1. The summed E-state index contributed by atoms with van der Waals surface area (Å²) in [5.41, 5.74) is -0.0620. The molecule has 0 aromatic carbocycles. The minimum Gasteiger partial charge on any atom is -0.462 e. The molecule has 0 amide bonds. The van der Waals surface area contributed by atoms with Gasteiger partial charge in [-0.1, -0.05) is 25.8 Å². The minimum absolute atomic E-state index is 0.0140. The summed E-state index contributed by atoms with van der Waals surface area (Å²) in [5.74, 6) is -2.99. The Morgan fingerprint density at radius 2 is 1.37 bits per heavy atom. The van der Waals surface area contributed by atoms with E-state index in [2.05, 4.69) is 20.8 Å². The molecule has 1 saturated heterocycles. The highest BCUT2D eigenvalue weighted by Gasteiger charge is 2.60. The van der Waals surface area contributed by atoms with Gasteiger partial charge in [-0.05, 0) is 81.1 Å². The van der Waals surface area contributed by atoms with Gasteiger partial charge in [-0.15, -0.1) is 0 Å². The topological polar surface area (TPSA) is 170 Å². The van der Waals surface area contributed by atoms with E-state index in [1.54, 1.807) is 0 Å². The van der Waals surface area contributed by atoms with Gasteiger partial charge in [0.05, 0.1) is 12.2 Å². The summed E-state index contributed by atoms with van der Waals surface area (Å²) in [5, 5.41) is 10.6. The van der Waals surface area contributed by atoms with Crippen molar-refractivity contribution in [3.05, 3.63) is 11.6 Å². The van der Waals surface area contributed by atoms with E-state index in [-0.39, 0.29) is 48.5 Å². The first kappa shape index (κ1) is 40.4. The average Bonchev–Trinajstić information content (AvgIpc) is 2.97. The molecule has 3 aliphatic rings. The van der Waals surface area contributed by atoms with Gasteiger partial charge in [-0.3, -0.25) is 24.0 Å². The Morgan fingerprint density at radius 1 is 0.776 bits per heavy atom. The van der Waals surface area contributed by atoms with Gasteiger partial charge in [0.1, 0.15) is 12.7 Å². The van der Waals surface area contributed by atoms with E-state index in [0.717, 1.165) is 64.9 Å². The van der Waals surface area contributed by atoms with Crippen LogP contribution in [-0.2, 0) is 57.1 Å². The van der Waals surface area contributed by atoms with Crippen molar-refractivity contribution in [2.75, 3.05) is 19.8 Å². The smallest absolute Gasteiger partial charge is 0.305 e. The lowest BCUT2D eigenvalue weighted by Crippen LogP contribution is -2.64. The molecule has 13 heteroatoms. The third-order valence-electron chi connectivity index (χ3n) is 10.8. The maximum atomic E-state index is 12.3. The molecule has 0 bridgehead atoms. The molecule has 1 heterocycles. The lowest BCUT2D eigenvalue weighted by Gasteiger charge is -2.62. The van der Waals surface area contributed by atoms with Crippen LogP contribution in [-0.4, -0.2) is 91.1 Å². The van der Waals surface area contributed by atoms with Crippen molar-refractivity contribution in [2.24, 2.45) is 22.7 Å². The number of aliphatic hydroxyl groups is 1. The molecule has 2 aliphatic carbocycles. The Labute approximate surface area is 289 Å². The highest BCUT2D eigenvalue weighted by atomic mass is 16.7. The monoisotopic (exact) mass is 696 g/mol. The van der Waals surface area contributed by atoms with Gasteiger partial charge < -0.3 is 38.3 Å². The lowest BCUT2D eigenvalue weighted by molar-refractivity contribution is -0.308. The molecule has 3 rings (SSSR count). The second kappa shape index (κ2) is 16.8. The van der Waals surface area contributed by atoms with E-state index >= 15 is 0 Å². The number of carbonyl (C=O) groups is 5. The van der Waals surface area contributed by atoms with Crippen LogP contribution in [0.5, 0.6) is 0 Å². The van der Waals surface area contributed by atoms with Crippen molar-refractivity contribution < 1.29 is 62.2 Å². The maximum Gasteiger partial charge on any atom is 0.305 e. The van der Waals surface area contributed by atoms with Crippen LogP contribution in [0.4, 0.5) is 0 Å². The quantitative estimate of drug-likeness (QED) is 0.164. The molecule has 10 atom stereocenters. The zero-order valence-electron chi connectivity index (χ0n) is 30.5. The van der Waals surface area contributed by atoms with Crippen LogP contribution in [0.15, 0.2) is 11.6 Å². The number of aliphatic hydroxyl groups excluding tert-OH is 1. The molecule has 1 aliphatic heterocycles. The van der Waals surface area contributed by atoms with E-state index in [9.17, 15) is 29.1 Å². The Balaban J connectivity index is 1.99. The van der Waals surface area contributed by atoms with Gasteiger partial charge in [0.2, 0.25) is 12.4 Å². The molecule has 3 fully saturated rings. The fourth-order valence-electron chi connectivity index (χ4n) is 8.71. The molecule has 2 saturated carbocycles. The van der Waals surface area contributed by atoms with Gasteiger partial charge in [0, 0.05) is 41.2 Å². The summed E-state index contributed by atoms with van der Waals surface area (Å²) in [6.07, 6.45) is 1.16. The molecular formula is C36H56O13. The van der Waals surface area contributed by atoms with Crippen LogP contribution < -0.4 is 0 Å². The summed E-state index contributed by atoms with van der Waals surface area (Å²) in [4.78, 5) is 60.1. The summed E-state index contributed by atoms with van der Waals surface area (Å²) >= 11 is 0. The molecule has 0 aromatic rings. The first-order valence-electron chi connectivity index (χ1n) is 17.2. The largest absolute Gasteiger partial charge is 0.462 e. The highest BCUT2D eigenvalue weighted by Crippen LogP contribution is 2.63. The fraction of sp³-hybridized carbons (Fsp3) is 0.806. The highest BCUT2D eigenvalue weighted by molar-refractivity contribution is 5.69. The number of hydrogen-bond donors (Lipinski definition) is 1. The van der Waals surface area contributed by atoms with Gasteiger partial charge in [0.25, 0.3) is 0 Å². The van der Waals surface area contributed by atoms with Crippen molar-refractivity contribution in [2.45, 2.75) is 144 Å². The Bertz CT molecular complexity index is 1250. The Kier molecular flexibility index (Phi) is 13.8. The van der Waals surface area contributed by atoms with Gasteiger partial charge in [-0.25, -0.2) is 0 Å². The van der Waals surface area contributed by atoms with Gasteiger partial charge >= 0.3 is 29.8 Å². The van der Waals surface area contributed by atoms with E-state index in [4.69, 9.17) is 33.2 Å². The number of allylic oxidation sites excluding steroid dienone is 1. The number of ether oxygens (including phenoxy) is 7. The summed E-state index contributed by atoms with van der Waals surface area (Å²) in [7, 11) is 0. The molecule has 1 N–H and O–H groups in total. The standard InChI is InChI=1S/C36H56O13/c1-21(14-18-43-22(2)38)11-12-29-35(8)16-10-15-34(7,20-37)28(35)13-17-36(29,9)44-19-27-30(45-23(3)39)31(46-24(4)40)32(47-25(5)41)33(49-27)48-26(6)42/h14,27-33,37H,10-13,15-20H2,1-9H3. The van der Waals surface area contributed by atoms with Crippen molar-refractivity contribution >= 4 is 29.8 Å². The summed E-state index contributed by atoms with van der Waals surface area (Å²) in [6, 6.07) is 0. The third kappa shape index (κ3) is 10.0. The van der Waals surface area contributed by atoms with Crippen LogP contribution in [0.3, 0.4) is 0 Å². The van der Waals surface area contributed by atoms with Crippen molar-refractivity contribution in [3.63, 3.8) is 0 Å². The van der Waals surface area contributed by atoms with Crippen LogP contribution in [0, 0.1) is 22.7 Å². The van der Waals surface area contributed by atoms with E-state index in [1.807, 2.05) is 13.0 Å². The molecule has 13 nitrogen and oxygen atoms in total. The lowest BCUT2D eigenvalue weighted by atomic mass is 9.44. The number of carbonyl (C=O) groups excluding carboxylic acids is 5. The van der Waals surface area contributed by atoms with Crippen molar-refractivity contribution in [1.29, 1.82) is 0 Å². The zero-order chi connectivity index (χ0) is 36.7. The molecule has 10 unspecified atom stereocenters. The van der Waals surface area contributed by atoms with Gasteiger partial charge in [-0.2, -0.15) is 0 Å². The maximum absolute atomic E-state index is 12.3. The molecule has 0 spiro atoms. The average molecular weight is 697 g/mol. The fourth-order valence-corrected chi connectivity index (χ4v) is 8.71. The minimum atomic E-state index is -1.48. The van der Waals surface area contributed by atoms with E-state index < -0.39 is 60.2 Å². The first-order valence-corrected chi connectivity index (χ1v) is 17.2. The molecular weight excluding hydrogens is 640 g/mol. The number of hydrogen-bond acceptors (Lipinski definition) is 13. The van der Waals surface area contributed by atoms with Gasteiger partial charge in [0.15, 0.2) is 12.2 Å². The Hall–Kier alpha value is -3.03. The molecule has 278 valence electrons. The number of rotatable bonds is 13. The van der Waals surface area contributed by atoms with Crippen LogP contribution in [0.2, 0.25) is 0 Å². The van der Waals surface area contributed by atoms with Crippen LogP contribution in [0.1, 0.15) is 107 Å². The van der Waals surface area contributed by atoms with Crippen LogP contribution in [0.25, 0.3) is 0 Å². The molecule has 0 aromatic heterocycles. The van der Waals surface area contributed by atoms with Crippen LogP contribution >= 0.6 is 0 Å². The predicted molar refractivity (Wildman–Crippen MR) is 174 cm³/mol. The number of fused-ring (bicyclic) bond motifs is 1. The molecule has 49 heavy (non-hydrogen) atoms. The molecule has 0 radical (unpaired) electrons. The predicted octanol–water partition coefficient (Wildman–Crippen LogP) is 4.35. The summed E-state index contributed by atoms with van der Waals surface area (Å²) in [6.45, 7) is 14.7. The third-order valence-corrected chi connectivity index (χ3v) is 10.8.